The topological polar surface area (TPSA) is 149 Å². The normalized spacial score (nSPS) is 26.9. The molecule has 3 N–H and O–H groups in total. The number of carbonyl (C=O) groups excluding carboxylic acids is 3. The van der Waals surface area contributed by atoms with Crippen molar-refractivity contribution in [2.45, 2.75) is 69.0 Å². The highest BCUT2D eigenvalue weighted by molar-refractivity contribution is 7.51. The fourth-order valence-corrected chi connectivity index (χ4v) is 8.93. The molecule has 5 heterocycles. The molecule has 3 amide bonds. The second-order valence-electron chi connectivity index (χ2n) is 12.9. The zero-order valence-corrected chi connectivity index (χ0v) is 27.0. The van der Waals surface area contributed by atoms with Crippen molar-refractivity contribution in [3.05, 3.63) is 58.7 Å². The fraction of sp³-hybridized carbons (Fsp3) is 0.500. The number of nitrogens with one attached hydrogen (secondary N) is 1. The van der Waals surface area contributed by atoms with Gasteiger partial charge < -0.3 is 29.6 Å². The Bertz CT molecular complexity index is 1740. The van der Waals surface area contributed by atoms with E-state index in [0.29, 0.717) is 59.3 Å². The summed E-state index contributed by atoms with van der Waals surface area (Å²) >= 11 is 1.16. The molecule has 14 heteroatoms. The van der Waals surface area contributed by atoms with Crippen LogP contribution in [0.15, 0.2) is 42.7 Å². The van der Waals surface area contributed by atoms with Gasteiger partial charge in [0.15, 0.2) is 0 Å². The van der Waals surface area contributed by atoms with Gasteiger partial charge in [0.1, 0.15) is 17.8 Å². The highest BCUT2D eigenvalue weighted by Crippen LogP contribution is 2.53. The van der Waals surface area contributed by atoms with Crippen molar-refractivity contribution in [2.75, 3.05) is 19.7 Å². The van der Waals surface area contributed by atoms with Crippen molar-refractivity contribution in [1.29, 1.82) is 0 Å². The van der Waals surface area contributed by atoms with Gasteiger partial charge in [0.05, 0.1) is 11.5 Å². The Morgan fingerprint density at radius 3 is 2.70 bits per heavy atom. The van der Waals surface area contributed by atoms with Crippen molar-refractivity contribution in [3.63, 3.8) is 0 Å². The van der Waals surface area contributed by atoms with Gasteiger partial charge in [-0.1, -0.05) is 6.07 Å². The maximum absolute atomic E-state index is 14.3. The smallest absolute Gasteiger partial charge is 0.363 e. The first-order valence-electron chi connectivity index (χ1n) is 15.7. The van der Waals surface area contributed by atoms with Crippen molar-refractivity contribution in [3.8, 4) is 5.75 Å². The maximum atomic E-state index is 14.3. The Morgan fingerprint density at radius 1 is 1.15 bits per heavy atom. The zero-order chi connectivity index (χ0) is 32.3. The van der Waals surface area contributed by atoms with Crippen LogP contribution >= 0.6 is 18.9 Å². The van der Waals surface area contributed by atoms with Crippen LogP contribution in [0.25, 0.3) is 10.1 Å². The molecule has 0 radical (unpaired) electrons. The number of nitrogens with zero attached hydrogens (tertiary/aromatic N) is 3. The van der Waals surface area contributed by atoms with Gasteiger partial charge in [-0.05, 0) is 86.1 Å². The van der Waals surface area contributed by atoms with E-state index in [2.05, 4.69) is 10.3 Å². The molecule has 1 aromatic carbocycles. The molecule has 7 rings (SSSR count). The summed E-state index contributed by atoms with van der Waals surface area (Å²) in [6, 6.07) is 6.16. The Labute approximate surface area is 269 Å². The molecule has 0 bridgehead atoms. The van der Waals surface area contributed by atoms with Gasteiger partial charge in [-0.25, -0.2) is 4.39 Å². The molecule has 46 heavy (non-hydrogen) atoms. The van der Waals surface area contributed by atoms with E-state index < -0.39 is 31.5 Å². The van der Waals surface area contributed by atoms with Crippen LogP contribution in [0.4, 0.5) is 4.39 Å². The van der Waals surface area contributed by atoms with Crippen LogP contribution in [0.5, 0.6) is 5.75 Å². The number of fused-ring (bicyclic) bond motifs is 3. The average molecular weight is 671 g/mol. The third kappa shape index (κ3) is 5.83. The minimum absolute atomic E-state index is 0.0403. The Kier molecular flexibility index (Phi) is 8.15. The van der Waals surface area contributed by atoms with Crippen molar-refractivity contribution < 1.29 is 37.9 Å². The average Bonchev–Trinajstić information content (AvgIpc) is 3.37. The summed E-state index contributed by atoms with van der Waals surface area (Å²) in [7, 11) is -4.98. The van der Waals surface area contributed by atoms with Crippen molar-refractivity contribution in [1.82, 2.24) is 20.1 Å². The van der Waals surface area contributed by atoms with Gasteiger partial charge in [0.25, 0.3) is 5.91 Å². The van der Waals surface area contributed by atoms with Gasteiger partial charge in [-0.3, -0.25) is 23.9 Å². The zero-order valence-electron chi connectivity index (χ0n) is 25.3. The lowest BCUT2D eigenvalue weighted by Crippen LogP contribution is -2.59. The quantitative estimate of drug-likeness (QED) is 0.300. The molecule has 3 aliphatic heterocycles. The lowest BCUT2D eigenvalue weighted by Gasteiger charge is -2.43. The molecule has 2 aromatic heterocycles. The number of halogens is 1. The summed E-state index contributed by atoms with van der Waals surface area (Å²) in [4.78, 5) is 68.0. The first kappa shape index (κ1) is 31.2. The van der Waals surface area contributed by atoms with Crippen LogP contribution < -0.4 is 10.1 Å². The van der Waals surface area contributed by atoms with Crippen LogP contribution in [0.3, 0.4) is 0 Å². The summed E-state index contributed by atoms with van der Waals surface area (Å²) in [5, 5.41) is 3.42. The van der Waals surface area contributed by atoms with E-state index in [1.807, 2.05) is 13.0 Å². The monoisotopic (exact) mass is 670 g/mol. The van der Waals surface area contributed by atoms with Crippen LogP contribution in [0.2, 0.25) is 0 Å². The Hall–Kier alpha value is -3.38. The molecular weight excluding hydrogens is 634 g/mol. The number of alkyl halides is 1. The first-order chi connectivity index (χ1) is 22.0. The number of rotatable bonds is 8. The number of amides is 3. The van der Waals surface area contributed by atoms with Gasteiger partial charge in [-0.15, -0.1) is 11.3 Å². The lowest BCUT2D eigenvalue weighted by atomic mass is 9.91. The molecule has 1 aliphatic carbocycles. The van der Waals surface area contributed by atoms with E-state index in [1.54, 1.807) is 28.3 Å². The molecule has 0 unspecified atom stereocenters. The molecule has 6 atom stereocenters. The molecular formula is C32H36FN4O7PS. The van der Waals surface area contributed by atoms with Crippen molar-refractivity contribution in [2.24, 2.45) is 11.8 Å². The second-order valence-corrected chi connectivity index (χ2v) is 15.6. The van der Waals surface area contributed by atoms with E-state index in [9.17, 15) is 33.1 Å². The highest BCUT2D eigenvalue weighted by atomic mass is 32.1. The maximum Gasteiger partial charge on any atom is 0.363 e. The number of aromatic nitrogens is 1. The number of hydrogen-bond donors (Lipinski definition) is 3. The van der Waals surface area contributed by atoms with Gasteiger partial charge in [0, 0.05) is 47.7 Å². The molecule has 3 aromatic rings. The third-order valence-electron chi connectivity index (χ3n) is 9.91. The van der Waals surface area contributed by atoms with Crippen molar-refractivity contribution >= 4 is 46.7 Å². The number of pyridine rings is 1. The molecule has 4 aliphatic rings. The number of hydrogen-bond acceptors (Lipinski definition) is 7. The highest BCUT2D eigenvalue weighted by Gasteiger charge is 2.52. The van der Waals surface area contributed by atoms with Gasteiger partial charge in [-0.2, -0.15) is 0 Å². The van der Waals surface area contributed by atoms with E-state index >= 15 is 0 Å². The standard InChI is InChI=1S/C32H36FN4O7PS/c1-2-44-26-7-8-34-14-23(26)21-15-36(16-21)32(40)25-5-4-22-11-18-10-19(18)12-24(31(39)37(22)25)35-30(38)28-13-20-9-17(3-6-27(20)46-28)29(33)45(41,42)43/h3,6-9,13-14,18-19,21-22,24-25,29H,2,4-5,10-12,15-16H2,1H3,(H,35,38)(H2,41,42,43)/t18-,19+,22-,24+,25+,29+/m1/s1. The number of ether oxygens (including phenoxy) is 1. The molecule has 11 nitrogen and oxygen atoms in total. The predicted octanol–water partition coefficient (Wildman–Crippen LogP) is 4.35. The Balaban J connectivity index is 1.06. The summed E-state index contributed by atoms with van der Waals surface area (Å²) in [6.45, 7) is 3.53. The molecule has 4 fully saturated rings. The van der Waals surface area contributed by atoms with E-state index in [0.717, 1.165) is 41.9 Å². The van der Waals surface area contributed by atoms with Gasteiger partial charge >= 0.3 is 7.60 Å². The summed E-state index contributed by atoms with van der Waals surface area (Å²) in [5.74, 6) is -1.49. The molecule has 0 spiro atoms. The lowest BCUT2D eigenvalue weighted by molar-refractivity contribution is -0.149. The van der Waals surface area contributed by atoms with Crippen LogP contribution in [-0.2, 0) is 14.2 Å². The Morgan fingerprint density at radius 2 is 1.93 bits per heavy atom. The fourth-order valence-electron chi connectivity index (χ4n) is 7.43. The number of benzene rings is 1. The SMILES string of the molecule is CCOc1ccncc1C1CN(C(=O)[C@@H]2CC[C@@H]3C[C@H]4C[C@H]4C[C@H](NC(=O)c4cc5cc([C@@H](F)P(=O)(O)O)ccc5s4)C(=O)N32)C1. The predicted molar refractivity (Wildman–Crippen MR) is 168 cm³/mol. The summed E-state index contributed by atoms with van der Waals surface area (Å²) in [6.07, 6.45) is 7.21. The number of thiophene rings is 1. The number of likely N-dealkylation sites (tertiary alicyclic amines) is 1. The largest absolute Gasteiger partial charge is 0.493 e. The second kappa shape index (κ2) is 12.0. The van der Waals surface area contributed by atoms with Crippen LogP contribution in [-0.4, -0.2) is 80.1 Å². The van der Waals surface area contributed by atoms with E-state index in [1.165, 1.54) is 18.2 Å². The third-order valence-corrected chi connectivity index (χ3v) is 11.9. The number of carbonyl (C=O) groups is 3. The van der Waals surface area contributed by atoms with Crippen LogP contribution in [0.1, 0.15) is 71.7 Å². The minimum Gasteiger partial charge on any atom is -0.493 e. The molecule has 3 saturated heterocycles. The van der Waals surface area contributed by atoms with Gasteiger partial charge in [0.2, 0.25) is 17.7 Å². The van der Waals surface area contributed by atoms with E-state index in [-0.39, 0.29) is 29.3 Å². The molecule has 1 saturated carbocycles. The minimum atomic E-state index is -4.98. The van der Waals surface area contributed by atoms with Crippen LogP contribution in [0, 0.1) is 11.8 Å². The summed E-state index contributed by atoms with van der Waals surface area (Å²) in [5.41, 5.74) is 0.811. The summed E-state index contributed by atoms with van der Waals surface area (Å²) < 4.78 is 32.1. The molecule has 244 valence electrons. The van der Waals surface area contributed by atoms with E-state index in [4.69, 9.17) is 4.74 Å². The first-order valence-corrected chi connectivity index (χ1v) is 18.2.